The molecule has 2 N–H and O–H groups in total. The van der Waals surface area contributed by atoms with Gasteiger partial charge in [0, 0.05) is 13.1 Å². The van der Waals surface area contributed by atoms with Crippen LogP contribution in [0, 0.1) is 17.8 Å². The molecule has 0 aromatic rings. The first kappa shape index (κ1) is 12.7. The highest BCUT2D eigenvalue weighted by Gasteiger charge is 2.42. The molecule has 0 bridgehead atoms. The number of ether oxygens (including phenoxy) is 1. The van der Waals surface area contributed by atoms with Crippen molar-refractivity contribution >= 4 is 6.09 Å². The number of likely N-dealkylation sites (tertiary alicyclic amines) is 1. The van der Waals surface area contributed by atoms with Crippen molar-refractivity contribution in [2.24, 2.45) is 23.5 Å². The summed E-state index contributed by atoms with van der Waals surface area (Å²) >= 11 is 0. The summed E-state index contributed by atoms with van der Waals surface area (Å²) in [4.78, 5) is 13.8. The second kappa shape index (κ2) is 4.48. The average molecular weight is 240 g/mol. The van der Waals surface area contributed by atoms with Gasteiger partial charge in [-0.2, -0.15) is 0 Å². The molecule has 98 valence electrons. The smallest absolute Gasteiger partial charge is 0.410 e. The topological polar surface area (TPSA) is 55.6 Å². The fourth-order valence-electron chi connectivity index (χ4n) is 3.09. The number of hydrogen-bond acceptors (Lipinski definition) is 3. The summed E-state index contributed by atoms with van der Waals surface area (Å²) in [5, 5.41) is 0. The Morgan fingerprint density at radius 3 is 2.24 bits per heavy atom. The lowest BCUT2D eigenvalue weighted by atomic mass is 10.0. The van der Waals surface area contributed by atoms with Crippen molar-refractivity contribution in [3.05, 3.63) is 0 Å². The normalized spacial score (nSPS) is 32.7. The molecule has 4 nitrogen and oxygen atoms in total. The number of amides is 1. The molecule has 1 saturated carbocycles. The third kappa shape index (κ3) is 2.92. The van der Waals surface area contributed by atoms with E-state index in [0.29, 0.717) is 17.8 Å². The van der Waals surface area contributed by atoms with Gasteiger partial charge in [-0.1, -0.05) is 0 Å². The van der Waals surface area contributed by atoms with Crippen LogP contribution < -0.4 is 5.73 Å². The van der Waals surface area contributed by atoms with Gasteiger partial charge >= 0.3 is 6.09 Å². The molecule has 1 heterocycles. The summed E-state index contributed by atoms with van der Waals surface area (Å²) in [6, 6.07) is 0. The number of hydrogen-bond donors (Lipinski definition) is 1. The van der Waals surface area contributed by atoms with Crippen molar-refractivity contribution in [2.75, 3.05) is 19.6 Å². The predicted molar refractivity (Wildman–Crippen MR) is 66.6 cm³/mol. The maximum atomic E-state index is 11.9. The van der Waals surface area contributed by atoms with Crippen LogP contribution in [0.1, 0.15) is 33.6 Å². The maximum absolute atomic E-state index is 11.9. The fourth-order valence-corrected chi connectivity index (χ4v) is 3.09. The minimum absolute atomic E-state index is 0.156. The minimum Gasteiger partial charge on any atom is -0.444 e. The molecule has 1 aliphatic heterocycles. The average Bonchev–Trinajstić information content (AvgIpc) is 2.70. The van der Waals surface area contributed by atoms with Gasteiger partial charge in [-0.25, -0.2) is 4.79 Å². The summed E-state index contributed by atoms with van der Waals surface area (Å²) in [7, 11) is 0. The Hall–Kier alpha value is -0.770. The molecular weight excluding hydrogens is 216 g/mol. The lowest BCUT2D eigenvalue weighted by Crippen LogP contribution is -2.36. The van der Waals surface area contributed by atoms with Crippen molar-refractivity contribution in [3.8, 4) is 0 Å². The number of nitrogens with two attached hydrogens (primary N) is 1. The molecule has 3 atom stereocenters. The van der Waals surface area contributed by atoms with Gasteiger partial charge in [-0.3, -0.25) is 0 Å². The number of nitrogens with zero attached hydrogens (tertiary/aromatic N) is 1. The summed E-state index contributed by atoms with van der Waals surface area (Å²) in [6.07, 6.45) is 2.21. The van der Waals surface area contributed by atoms with Gasteiger partial charge in [0.2, 0.25) is 0 Å². The zero-order chi connectivity index (χ0) is 12.6. The van der Waals surface area contributed by atoms with E-state index in [1.54, 1.807) is 0 Å². The summed E-state index contributed by atoms with van der Waals surface area (Å²) in [5.41, 5.74) is 5.32. The van der Waals surface area contributed by atoms with Crippen molar-refractivity contribution < 1.29 is 9.53 Å². The Morgan fingerprint density at radius 1 is 1.29 bits per heavy atom. The van der Waals surface area contributed by atoms with E-state index in [1.165, 1.54) is 12.8 Å². The predicted octanol–water partition coefficient (Wildman–Crippen LogP) is 1.84. The van der Waals surface area contributed by atoms with Crippen LogP contribution in [0.5, 0.6) is 0 Å². The van der Waals surface area contributed by atoms with E-state index < -0.39 is 5.60 Å². The van der Waals surface area contributed by atoms with Gasteiger partial charge < -0.3 is 15.4 Å². The first-order chi connectivity index (χ1) is 7.89. The third-order valence-corrected chi connectivity index (χ3v) is 3.83. The van der Waals surface area contributed by atoms with Gasteiger partial charge in [0.05, 0.1) is 0 Å². The molecule has 2 fully saturated rings. The van der Waals surface area contributed by atoms with Crippen LogP contribution in [0.4, 0.5) is 4.79 Å². The third-order valence-electron chi connectivity index (χ3n) is 3.83. The van der Waals surface area contributed by atoms with Gasteiger partial charge in [-0.05, 0) is 57.9 Å². The second-order valence-electron chi connectivity index (χ2n) is 6.48. The van der Waals surface area contributed by atoms with E-state index in [4.69, 9.17) is 10.5 Å². The Morgan fingerprint density at radius 2 is 1.82 bits per heavy atom. The Balaban J connectivity index is 1.86. The van der Waals surface area contributed by atoms with Gasteiger partial charge in [0.1, 0.15) is 5.60 Å². The van der Waals surface area contributed by atoms with Crippen molar-refractivity contribution in [3.63, 3.8) is 0 Å². The molecular formula is C13H24N2O2. The Labute approximate surface area is 103 Å². The molecule has 0 aromatic heterocycles. The maximum Gasteiger partial charge on any atom is 0.410 e. The highest BCUT2D eigenvalue weighted by Crippen LogP contribution is 2.41. The number of fused-ring (bicyclic) bond motifs is 1. The van der Waals surface area contributed by atoms with Crippen LogP contribution in [0.25, 0.3) is 0 Å². The van der Waals surface area contributed by atoms with Crippen molar-refractivity contribution in [1.29, 1.82) is 0 Å². The van der Waals surface area contributed by atoms with Gasteiger partial charge in [-0.15, -0.1) is 0 Å². The summed E-state index contributed by atoms with van der Waals surface area (Å²) < 4.78 is 5.40. The van der Waals surface area contributed by atoms with E-state index in [1.807, 2.05) is 25.7 Å². The molecule has 0 radical (unpaired) electrons. The quantitative estimate of drug-likeness (QED) is 0.761. The second-order valence-corrected chi connectivity index (χ2v) is 6.48. The van der Waals surface area contributed by atoms with E-state index in [2.05, 4.69) is 0 Å². The molecule has 1 saturated heterocycles. The number of carbonyl (C=O) groups excluding carboxylic acids is 1. The van der Waals surface area contributed by atoms with E-state index in [9.17, 15) is 4.79 Å². The minimum atomic E-state index is -0.394. The van der Waals surface area contributed by atoms with E-state index >= 15 is 0 Å². The molecule has 17 heavy (non-hydrogen) atoms. The Bertz CT molecular complexity index is 284. The highest BCUT2D eigenvalue weighted by atomic mass is 16.6. The lowest BCUT2D eigenvalue weighted by molar-refractivity contribution is 0.0278. The first-order valence-electron chi connectivity index (χ1n) is 6.57. The SMILES string of the molecule is CC(C)(C)OC(=O)N1CC2CC(CN)C[C@@H]2C1. The molecule has 4 heteroatoms. The number of rotatable bonds is 1. The van der Waals surface area contributed by atoms with Crippen molar-refractivity contribution in [2.45, 2.75) is 39.2 Å². The van der Waals surface area contributed by atoms with Gasteiger partial charge in [0.25, 0.3) is 0 Å². The van der Waals surface area contributed by atoms with Crippen LogP contribution in [0.2, 0.25) is 0 Å². The summed E-state index contributed by atoms with van der Waals surface area (Å²) in [5.74, 6) is 1.97. The lowest BCUT2D eigenvalue weighted by Gasteiger charge is -2.25. The fraction of sp³-hybridized carbons (Fsp3) is 0.923. The van der Waals surface area contributed by atoms with E-state index in [-0.39, 0.29) is 6.09 Å². The van der Waals surface area contributed by atoms with Crippen LogP contribution in [0.15, 0.2) is 0 Å². The van der Waals surface area contributed by atoms with Crippen molar-refractivity contribution in [1.82, 2.24) is 4.90 Å². The Kier molecular flexibility index (Phi) is 3.34. The van der Waals surface area contributed by atoms with Gasteiger partial charge in [0.15, 0.2) is 0 Å². The largest absolute Gasteiger partial charge is 0.444 e. The molecule has 0 spiro atoms. The molecule has 2 rings (SSSR count). The number of carbonyl (C=O) groups is 1. The standard InChI is InChI=1S/C13H24N2O2/c1-13(2,3)17-12(16)15-7-10-4-9(6-14)5-11(10)8-15/h9-11H,4-8,14H2,1-3H3/t9?,10-,11?/m1/s1. The van der Waals surface area contributed by atoms with Crippen LogP contribution in [-0.4, -0.2) is 36.2 Å². The van der Waals surface area contributed by atoms with E-state index in [0.717, 1.165) is 19.6 Å². The monoisotopic (exact) mass is 240 g/mol. The van der Waals surface area contributed by atoms with Crippen LogP contribution in [0.3, 0.4) is 0 Å². The molecule has 2 aliphatic rings. The van der Waals surface area contributed by atoms with Crippen LogP contribution >= 0.6 is 0 Å². The molecule has 2 unspecified atom stereocenters. The first-order valence-corrected chi connectivity index (χ1v) is 6.57. The highest BCUT2D eigenvalue weighted by molar-refractivity contribution is 5.68. The van der Waals surface area contributed by atoms with Crippen LogP contribution in [-0.2, 0) is 4.74 Å². The summed E-state index contributed by atoms with van der Waals surface area (Å²) in [6.45, 7) is 8.23. The molecule has 0 aromatic carbocycles. The molecule has 1 amide bonds. The zero-order valence-electron chi connectivity index (χ0n) is 11.1. The molecule has 1 aliphatic carbocycles. The zero-order valence-corrected chi connectivity index (χ0v) is 11.1.